The quantitative estimate of drug-likeness (QED) is 0.855. The summed E-state index contributed by atoms with van der Waals surface area (Å²) in [5, 5.41) is 3.10. The second kappa shape index (κ2) is 6.01. The van der Waals surface area contributed by atoms with Gasteiger partial charge in [-0.1, -0.05) is 13.8 Å². The van der Waals surface area contributed by atoms with Crippen LogP contribution >= 0.6 is 11.3 Å². The molecule has 1 saturated heterocycles. The minimum atomic E-state index is 0.127. The molecule has 0 radical (unpaired) electrons. The summed E-state index contributed by atoms with van der Waals surface area (Å²) >= 11 is 1.64. The molecular formula is C14H22N2O2S. The summed E-state index contributed by atoms with van der Waals surface area (Å²) < 4.78 is 5.55. The van der Waals surface area contributed by atoms with Gasteiger partial charge in [-0.25, -0.2) is 4.98 Å². The van der Waals surface area contributed by atoms with E-state index in [4.69, 9.17) is 4.74 Å². The SMILES string of the molecule is CC(C)c1nc(CC(=O)N2C[C@@H](C)OC[C@@H]2C)cs1. The first-order chi connectivity index (χ1) is 8.97. The maximum atomic E-state index is 12.3. The van der Waals surface area contributed by atoms with Gasteiger partial charge in [0.2, 0.25) is 5.91 Å². The fourth-order valence-corrected chi connectivity index (χ4v) is 3.01. The predicted molar refractivity (Wildman–Crippen MR) is 76.5 cm³/mol. The molecule has 1 aromatic heterocycles. The zero-order chi connectivity index (χ0) is 14.0. The third-order valence-corrected chi connectivity index (χ3v) is 4.52. The number of amides is 1. The van der Waals surface area contributed by atoms with Gasteiger partial charge in [-0.05, 0) is 13.8 Å². The van der Waals surface area contributed by atoms with Gasteiger partial charge in [0, 0.05) is 17.8 Å². The van der Waals surface area contributed by atoms with E-state index in [0.29, 0.717) is 25.5 Å². The lowest BCUT2D eigenvalue weighted by molar-refractivity contribution is -0.142. The van der Waals surface area contributed by atoms with Crippen molar-refractivity contribution in [2.75, 3.05) is 13.2 Å². The average Bonchev–Trinajstić information content (AvgIpc) is 2.80. The van der Waals surface area contributed by atoms with Crippen LogP contribution in [-0.4, -0.2) is 41.1 Å². The van der Waals surface area contributed by atoms with Gasteiger partial charge in [0.1, 0.15) is 0 Å². The zero-order valence-electron chi connectivity index (χ0n) is 12.0. The molecule has 1 aromatic rings. The Labute approximate surface area is 118 Å². The van der Waals surface area contributed by atoms with Gasteiger partial charge in [0.15, 0.2) is 0 Å². The Kier molecular flexibility index (Phi) is 4.58. The number of nitrogens with zero attached hydrogens (tertiary/aromatic N) is 2. The second-order valence-electron chi connectivity index (χ2n) is 5.55. The number of hydrogen-bond donors (Lipinski definition) is 0. The van der Waals surface area contributed by atoms with Crippen LogP contribution in [0.4, 0.5) is 0 Å². The molecule has 2 rings (SSSR count). The standard InChI is InChI=1S/C14H22N2O2S/c1-9(2)14-15-12(8-19-14)5-13(17)16-6-11(4)18-7-10(16)3/h8-11H,5-7H2,1-4H3/t10-,11+/m0/s1. The molecule has 106 valence electrons. The highest BCUT2D eigenvalue weighted by Gasteiger charge is 2.27. The summed E-state index contributed by atoms with van der Waals surface area (Å²) in [6.07, 6.45) is 0.530. The zero-order valence-corrected chi connectivity index (χ0v) is 12.9. The van der Waals surface area contributed by atoms with E-state index in [1.54, 1.807) is 11.3 Å². The Hall–Kier alpha value is -0.940. The molecular weight excluding hydrogens is 260 g/mol. The van der Waals surface area contributed by atoms with Gasteiger partial charge in [-0.2, -0.15) is 0 Å². The van der Waals surface area contributed by atoms with Crippen molar-refractivity contribution < 1.29 is 9.53 Å². The summed E-state index contributed by atoms with van der Waals surface area (Å²) in [5.74, 6) is 0.583. The van der Waals surface area contributed by atoms with Crippen LogP contribution in [0.3, 0.4) is 0 Å². The monoisotopic (exact) mass is 282 g/mol. The summed E-state index contributed by atoms with van der Waals surface area (Å²) in [7, 11) is 0. The van der Waals surface area contributed by atoms with Crippen molar-refractivity contribution in [3.8, 4) is 0 Å². The topological polar surface area (TPSA) is 42.4 Å². The number of rotatable bonds is 3. The highest BCUT2D eigenvalue weighted by molar-refractivity contribution is 7.09. The van der Waals surface area contributed by atoms with Crippen LogP contribution in [0.5, 0.6) is 0 Å². The predicted octanol–water partition coefficient (Wildman–Crippen LogP) is 2.44. The van der Waals surface area contributed by atoms with Gasteiger partial charge in [0.05, 0.1) is 35.9 Å². The number of thiazole rings is 1. The van der Waals surface area contributed by atoms with Crippen LogP contribution in [0.1, 0.15) is 44.3 Å². The number of morpholine rings is 1. The molecule has 0 aromatic carbocycles. The highest BCUT2D eigenvalue weighted by Crippen LogP contribution is 2.20. The van der Waals surface area contributed by atoms with E-state index in [2.05, 4.69) is 18.8 Å². The summed E-state index contributed by atoms with van der Waals surface area (Å²) in [6, 6.07) is 0.159. The highest BCUT2D eigenvalue weighted by atomic mass is 32.1. The van der Waals surface area contributed by atoms with Gasteiger partial charge >= 0.3 is 0 Å². The van der Waals surface area contributed by atoms with E-state index in [1.165, 1.54) is 0 Å². The van der Waals surface area contributed by atoms with E-state index in [9.17, 15) is 4.79 Å². The number of carbonyl (C=O) groups is 1. The fraction of sp³-hybridized carbons (Fsp3) is 0.714. The van der Waals surface area contributed by atoms with E-state index in [0.717, 1.165) is 10.7 Å². The molecule has 0 N–H and O–H groups in total. The van der Waals surface area contributed by atoms with Crippen LogP contribution in [0.25, 0.3) is 0 Å². The van der Waals surface area contributed by atoms with E-state index >= 15 is 0 Å². The molecule has 1 aliphatic heterocycles. The van der Waals surface area contributed by atoms with E-state index in [1.807, 2.05) is 24.1 Å². The molecule has 0 aliphatic carbocycles. The molecule has 1 amide bonds. The molecule has 1 aliphatic rings. The maximum Gasteiger partial charge on any atom is 0.229 e. The maximum absolute atomic E-state index is 12.3. The lowest BCUT2D eigenvalue weighted by atomic mass is 10.1. The summed E-state index contributed by atoms with van der Waals surface area (Å²) in [4.78, 5) is 18.8. The third-order valence-electron chi connectivity index (χ3n) is 3.32. The van der Waals surface area contributed by atoms with Gasteiger partial charge < -0.3 is 9.64 Å². The smallest absolute Gasteiger partial charge is 0.229 e. The molecule has 0 unspecified atom stereocenters. The molecule has 4 nitrogen and oxygen atoms in total. The summed E-state index contributed by atoms with van der Waals surface area (Å²) in [5.41, 5.74) is 0.894. The molecule has 2 heterocycles. The van der Waals surface area contributed by atoms with E-state index in [-0.39, 0.29) is 18.1 Å². The van der Waals surface area contributed by atoms with Crippen LogP contribution in [-0.2, 0) is 16.0 Å². The Balaban J connectivity index is 1.99. The Bertz CT molecular complexity index is 444. The number of aromatic nitrogens is 1. The third kappa shape index (κ3) is 3.54. The lowest BCUT2D eigenvalue weighted by Gasteiger charge is -2.36. The van der Waals surface area contributed by atoms with Crippen molar-refractivity contribution >= 4 is 17.2 Å². The molecule has 0 saturated carbocycles. The van der Waals surface area contributed by atoms with Gasteiger partial charge in [-0.3, -0.25) is 4.79 Å². The van der Waals surface area contributed by atoms with Crippen molar-refractivity contribution in [2.45, 2.75) is 52.2 Å². The fourth-order valence-electron chi connectivity index (χ4n) is 2.18. The Morgan fingerprint density at radius 1 is 1.58 bits per heavy atom. The normalized spacial score (nSPS) is 23.9. The van der Waals surface area contributed by atoms with Gasteiger partial charge in [0.25, 0.3) is 0 Å². The van der Waals surface area contributed by atoms with Crippen LogP contribution in [0.2, 0.25) is 0 Å². The second-order valence-corrected chi connectivity index (χ2v) is 6.44. The summed E-state index contributed by atoms with van der Waals surface area (Å²) in [6.45, 7) is 9.59. The van der Waals surface area contributed by atoms with Crippen molar-refractivity contribution in [2.24, 2.45) is 0 Å². The lowest BCUT2D eigenvalue weighted by Crippen LogP contribution is -2.50. The van der Waals surface area contributed by atoms with Crippen molar-refractivity contribution in [1.29, 1.82) is 0 Å². The molecule has 0 spiro atoms. The average molecular weight is 282 g/mol. The van der Waals surface area contributed by atoms with Crippen molar-refractivity contribution in [3.63, 3.8) is 0 Å². The first-order valence-corrected chi connectivity index (χ1v) is 7.70. The number of hydrogen-bond acceptors (Lipinski definition) is 4. The van der Waals surface area contributed by atoms with Gasteiger partial charge in [-0.15, -0.1) is 11.3 Å². The number of ether oxygens (including phenoxy) is 1. The van der Waals surface area contributed by atoms with Crippen molar-refractivity contribution in [1.82, 2.24) is 9.88 Å². The largest absolute Gasteiger partial charge is 0.375 e. The molecule has 1 fully saturated rings. The Morgan fingerprint density at radius 2 is 2.32 bits per heavy atom. The van der Waals surface area contributed by atoms with Crippen molar-refractivity contribution in [3.05, 3.63) is 16.1 Å². The Morgan fingerprint density at radius 3 is 2.95 bits per heavy atom. The van der Waals surface area contributed by atoms with Crippen LogP contribution in [0.15, 0.2) is 5.38 Å². The first-order valence-electron chi connectivity index (χ1n) is 6.82. The van der Waals surface area contributed by atoms with E-state index < -0.39 is 0 Å². The van der Waals surface area contributed by atoms with Crippen LogP contribution < -0.4 is 0 Å². The first kappa shape index (κ1) is 14.5. The number of carbonyl (C=O) groups excluding carboxylic acids is 1. The molecule has 19 heavy (non-hydrogen) atoms. The molecule has 0 bridgehead atoms. The molecule has 2 atom stereocenters. The minimum absolute atomic E-state index is 0.127. The molecule has 5 heteroatoms. The van der Waals surface area contributed by atoms with Crippen LogP contribution in [0, 0.1) is 0 Å². The minimum Gasteiger partial charge on any atom is -0.375 e.